The molecule has 0 radical (unpaired) electrons. The molecule has 0 bridgehead atoms. The standard InChI is InChI=1S/C5H9IN2O2/c1-3(6)4(9)8-5(10)7-2/h3H,1-2H3,(H2,7,8,9,10). The van der Waals surface area contributed by atoms with Gasteiger partial charge in [-0.3, -0.25) is 10.1 Å². The van der Waals surface area contributed by atoms with Crippen molar-refractivity contribution in [3.63, 3.8) is 0 Å². The van der Waals surface area contributed by atoms with Crippen LogP contribution in [0.2, 0.25) is 0 Å². The molecular weight excluding hydrogens is 247 g/mol. The molecule has 0 aromatic rings. The first-order valence-corrected chi connectivity index (χ1v) is 3.99. The van der Waals surface area contributed by atoms with E-state index in [4.69, 9.17) is 0 Å². The van der Waals surface area contributed by atoms with E-state index in [1.54, 1.807) is 6.92 Å². The topological polar surface area (TPSA) is 58.2 Å². The maximum atomic E-state index is 10.7. The van der Waals surface area contributed by atoms with Gasteiger partial charge in [-0.2, -0.15) is 0 Å². The van der Waals surface area contributed by atoms with E-state index in [1.165, 1.54) is 7.05 Å². The van der Waals surface area contributed by atoms with Crippen LogP contribution in [0.3, 0.4) is 0 Å². The summed E-state index contributed by atoms with van der Waals surface area (Å²) < 4.78 is -0.185. The first-order chi connectivity index (χ1) is 4.57. The molecule has 0 aliphatic heterocycles. The zero-order valence-electron chi connectivity index (χ0n) is 5.77. The molecule has 0 saturated heterocycles. The van der Waals surface area contributed by atoms with Crippen LogP contribution in [-0.2, 0) is 4.79 Å². The highest BCUT2D eigenvalue weighted by Crippen LogP contribution is 1.96. The van der Waals surface area contributed by atoms with Crippen molar-refractivity contribution >= 4 is 34.5 Å². The van der Waals surface area contributed by atoms with Gasteiger partial charge < -0.3 is 5.32 Å². The Morgan fingerprint density at radius 2 is 2.00 bits per heavy atom. The second-order valence-corrected chi connectivity index (χ2v) is 3.55. The van der Waals surface area contributed by atoms with Crippen molar-refractivity contribution < 1.29 is 9.59 Å². The molecule has 4 nitrogen and oxygen atoms in total. The number of halogens is 1. The quantitative estimate of drug-likeness (QED) is 0.522. The summed E-state index contributed by atoms with van der Waals surface area (Å²) in [6.45, 7) is 1.71. The number of nitrogens with one attached hydrogen (secondary N) is 2. The molecule has 0 heterocycles. The molecule has 0 aliphatic carbocycles. The molecule has 0 aliphatic rings. The summed E-state index contributed by atoms with van der Waals surface area (Å²) in [5.41, 5.74) is 0. The highest BCUT2D eigenvalue weighted by atomic mass is 127. The van der Waals surface area contributed by atoms with Gasteiger partial charge in [0.05, 0.1) is 3.92 Å². The summed E-state index contributed by atoms with van der Waals surface area (Å²) in [7, 11) is 1.46. The summed E-state index contributed by atoms with van der Waals surface area (Å²) in [6.07, 6.45) is 0. The number of carbonyl (C=O) groups excluding carboxylic acids is 2. The summed E-state index contributed by atoms with van der Waals surface area (Å²) >= 11 is 1.93. The number of hydrogen-bond donors (Lipinski definition) is 2. The smallest absolute Gasteiger partial charge is 0.321 e. The van der Waals surface area contributed by atoms with E-state index in [9.17, 15) is 9.59 Å². The third-order valence-electron chi connectivity index (χ3n) is 0.825. The molecule has 3 amide bonds. The first kappa shape index (κ1) is 9.67. The van der Waals surface area contributed by atoms with Gasteiger partial charge in [0.1, 0.15) is 0 Å². The van der Waals surface area contributed by atoms with Gasteiger partial charge in [0, 0.05) is 7.05 Å². The second kappa shape index (κ2) is 4.48. The Morgan fingerprint density at radius 3 is 2.30 bits per heavy atom. The predicted molar refractivity (Wildman–Crippen MR) is 46.1 cm³/mol. The average molecular weight is 256 g/mol. The largest absolute Gasteiger partial charge is 0.341 e. The Labute approximate surface area is 72.9 Å². The van der Waals surface area contributed by atoms with Crippen molar-refractivity contribution in [3.8, 4) is 0 Å². The molecule has 0 rings (SSSR count). The predicted octanol–water partition coefficient (Wildman–Crippen LogP) is 0.265. The fourth-order valence-electron chi connectivity index (χ4n) is 0.274. The second-order valence-electron chi connectivity index (χ2n) is 1.68. The lowest BCUT2D eigenvalue weighted by atomic mass is 10.5. The summed E-state index contributed by atoms with van der Waals surface area (Å²) in [4.78, 5) is 21.2. The Kier molecular flexibility index (Phi) is 4.33. The van der Waals surface area contributed by atoms with Crippen molar-refractivity contribution in [1.29, 1.82) is 0 Å². The number of amides is 3. The molecule has 0 aromatic heterocycles. The Bertz CT molecular complexity index is 147. The number of carbonyl (C=O) groups is 2. The van der Waals surface area contributed by atoms with Gasteiger partial charge in [-0.1, -0.05) is 22.6 Å². The van der Waals surface area contributed by atoms with E-state index in [0.717, 1.165) is 0 Å². The number of urea groups is 1. The maximum Gasteiger partial charge on any atom is 0.321 e. The average Bonchev–Trinajstić information content (AvgIpc) is 1.87. The van der Waals surface area contributed by atoms with Crippen molar-refractivity contribution in [1.82, 2.24) is 10.6 Å². The van der Waals surface area contributed by atoms with Crippen LogP contribution in [0.4, 0.5) is 4.79 Å². The molecule has 1 atom stereocenters. The van der Waals surface area contributed by atoms with Gasteiger partial charge in [0.15, 0.2) is 0 Å². The Hall–Kier alpha value is -0.330. The zero-order valence-corrected chi connectivity index (χ0v) is 7.93. The maximum absolute atomic E-state index is 10.7. The van der Waals surface area contributed by atoms with Crippen LogP contribution in [0, 0.1) is 0 Å². The highest BCUT2D eigenvalue weighted by molar-refractivity contribution is 14.1. The molecule has 58 valence electrons. The van der Waals surface area contributed by atoms with Crippen LogP contribution in [0.25, 0.3) is 0 Å². The molecular formula is C5H9IN2O2. The lowest BCUT2D eigenvalue weighted by Crippen LogP contribution is -2.40. The summed E-state index contributed by atoms with van der Waals surface area (Å²) in [5, 5.41) is 4.41. The number of imide groups is 1. The third-order valence-corrected chi connectivity index (χ3v) is 1.39. The third kappa shape index (κ3) is 3.65. The van der Waals surface area contributed by atoms with E-state index in [-0.39, 0.29) is 9.83 Å². The summed E-state index contributed by atoms with van der Waals surface area (Å²) in [6, 6.07) is -0.464. The molecule has 0 aromatic carbocycles. The molecule has 2 N–H and O–H groups in total. The van der Waals surface area contributed by atoms with Crippen LogP contribution in [0.1, 0.15) is 6.92 Å². The van der Waals surface area contributed by atoms with Crippen molar-refractivity contribution in [3.05, 3.63) is 0 Å². The van der Waals surface area contributed by atoms with Crippen LogP contribution in [0.5, 0.6) is 0 Å². The van der Waals surface area contributed by atoms with Crippen molar-refractivity contribution in [2.75, 3.05) is 7.05 Å². The molecule has 0 saturated carbocycles. The van der Waals surface area contributed by atoms with Crippen LogP contribution in [0.15, 0.2) is 0 Å². The zero-order chi connectivity index (χ0) is 8.15. The van der Waals surface area contributed by atoms with Gasteiger partial charge in [0.25, 0.3) is 0 Å². The fraction of sp³-hybridized carbons (Fsp3) is 0.600. The highest BCUT2D eigenvalue weighted by Gasteiger charge is 2.10. The number of rotatable bonds is 1. The van der Waals surface area contributed by atoms with Gasteiger partial charge in [-0.25, -0.2) is 4.79 Å². The minimum atomic E-state index is -0.464. The first-order valence-electron chi connectivity index (χ1n) is 2.74. The van der Waals surface area contributed by atoms with Crippen molar-refractivity contribution in [2.24, 2.45) is 0 Å². The minimum absolute atomic E-state index is 0.185. The SMILES string of the molecule is CNC(=O)NC(=O)C(C)I. The van der Waals surface area contributed by atoms with Crippen LogP contribution < -0.4 is 10.6 Å². The number of hydrogen-bond acceptors (Lipinski definition) is 2. The molecule has 5 heteroatoms. The Balaban J connectivity index is 3.69. The normalized spacial score (nSPS) is 11.9. The van der Waals surface area contributed by atoms with Gasteiger partial charge in [-0.15, -0.1) is 0 Å². The molecule has 10 heavy (non-hydrogen) atoms. The van der Waals surface area contributed by atoms with Crippen LogP contribution in [-0.4, -0.2) is 22.9 Å². The van der Waals surface area contributed by atoms with E-state index >= 15 is 0 Å². The van der Waals surface area contributed by atoms with E-state index < -0.39 is 6.03 Å². The van der Waals surface area contributed by atoms with Crippen LogP contribution >= 0.6 is 22.6 Å². The molecule has 0 fully saturated rings. The molecule has 1 unspecified atom stereocenters. The molecule has 0 spiro atoms. The fourth-order valence-corrected chi connectivity index (χ4v) is 0.430. The van der Waals surface area contributed by atoms with Gasteiger partial charge in [-0.05, 0) is 6.92 Å². The summed E-state index contributed by atoms with van der Waals surface area (Å²) in [5.74, 6) is -0.278. The van der Waals surface area contributed by atoms with E-state index in [1.807, 2.05) is 22.6 Å². The monoisotopic (exact) mass is 256 g/mol. The van der Waals surface area contributed by atoms with E-state index in [2.05, 4.69) is 10.6 Å². The lowest BCUT2D eigenvalue weighted by molar-refractivity contribution is -0.118. The lowest BCUT2D eigenvalue weighted by Gasteiger charge is -2.03. The minimum Gasteiger partial charge on any atom is -0.341 e. The van der Waals surface area contributed by atoms with E-state index in [0.29, 0.717) is 0 Å². The van der Waals surface area contributed by atoms with Gasteiger partial charge in [0.2, 0.25) is 5.91 Å². The van der Waals surface area contributed by atoms with Crippen molar-refractivity contribution in [2.45, 2.75) is 10.8 Å². The Morgan fingerprint density at radius 1 is 1.50 bits per heavy atom. The van der Waals surface area contributed by atoms with Gasteiger partial charge >= 0.3 is 6.03 Å². The number of alkyl halides is 1.